The van der Waals surface area contributed by atoms with E-state index in [9.17, 15) is 9.59 Å². The van der Waals surface area contributed by atoms with Gasteiger partial charge in [-0.3, -0.25) is 9.59 Å². The van der Waals surface area contributed by atoms with Gasteiger partial charge >= 0.3 is 0 Å². The number of halogens is 1. The molecule has 0 heterocycles. The Balaban J connectivity index is 1.80. The molecule has 6 nitrogen and oxygen atoms in total. The van der Waals surface area contributed by atoms with Crippen LogP contribution in [0.5, 0.6) is 5.75 Å². The molecule has 0 spiro atoms. The van der Waals surface area contributed by atoms with Crippen LogP contribution in [0.4, 0.5) is 0 Å². The molecule has 0 saturated heterocycles. The van der Waals surface area contributed by atoms with Crippen LogP contribution in [0.1, 0.15) is 29.3 Å². The van der Waals surface area contributed by atoms with Crippen molar-refractivity contribution in [3.63, 3.8) is 0 Å². The summed E-state index contributed by atoms with van der Waals surface area (Å²) in [6, 6.07) is 14.4. The highest BCUT2D eigenvalue weighted by Gasteiger charge is 2.07. The van der Waals surface area contributed by atoms with Crippen molar-refractivity contribution in [1.82, 2.24) is 10.7 Å². The lowest BCUT2D eigenvalue weighted by molar-refractivity contribution is -0.120. The van der Waals surface area contributed by atoms with Gasteiger partial charge in [-0.1, -0.05) is 34.1 Å². The fourth-order valence-electron chi connectivity index (χ4n) is 2.12. The van der Waals surface area contributed by atoms with Crippen LogP contribution in [0, 0.1) is 0 Å². The Morgan fingerprint density at radius 1 is 1.15 bits per heavy atom. The number of methoxy groups -OCH3 is 1. The monoisotopic (exact) mass is 417 g/mol. The molecule has 0 fully saturated rings. The zero-order chi connectivity index (χ0) is 18.9. The fraction of sp³-hybridized carbons (Fsp3) is 0.211. The molecular weight excluding hydrogens is 398 g/mol. The van der Waals surface area contributed by atoms with E-state index in [0.29, 0.717) is 17.8 Å². The average molecular weight is 418 g/mol. The van der Waals surface area contributed by atoms with Crippen LogP contribution in [0.25, 0.3) is 0 Å². The number of nitrogens with one attached hydrogen (secondary N) is 2. The van der Waals surface area contributed by atoms with Gasteiger partial charge < -0.3 is 10.1 Å². The molecule has 0 aromatic heterocycles. The molecule has 2 aromatic rings. The predicted octanol–water partition coefficient (Wildman–Crippen LogP) is 3.27. The molecule has 2 rings (SSSR count). The largest absolute Gasteiger partial charge is 0.497 e. The van der Waals surface area contributed by atoms with Crippen LogP contribution < -0.4 is 15.5 Å². The maximum Gasteiger partial charge on any atom is 0.271 e. The number of hydrogen-bond acceptors (Lipinski definition) is 4. The topological polar surface area (TPSA) is 79.8 Å². The number of carbonyl (C=O) groups is 2. The number of ether oxygens (including phenoxy) is 1. The van der Waals surface area contributed by atoms with Crippen molar-refractivity contribution in [1.29, 1.82) is 0 Å². The molecule has 7 heteroatoms. The second-order valence-electron chi connectivity index (χ2n) is 5.60. The van der Waals surface area contributed by atoms with Crippen LogP contribution in [-0.4, -0.2) is 24.6 Å². The van der Waals surface area contributed by atoms with Gasteiger partial charge in [0.2, 0.25) is 5.91 Å². The molecule has 2 amide bonds. The Bertz CT molecular complexity index is 804. The molecule has 26 heavy (non-hydrogen) atoms. The first-order valence-electron chi connectivity index (χ1n) is 7.96. The van der Waals surface area contributed by atoms with Crippen molar-refractivity contribution < 1.29 is 14.3 Å². The lowest BCUT2D eigenvalue weighted by Crippen LogP contribution is -2.26. The van der Waals surface area contributed by atoms with E-state index in [2.05, 4.69) is 31.8 Å². The Kier molecular flexibility index (Phi) is 7.35. The van der Waals surface area contributed by atoms with E-state index in [1.165, 1.54) is 0 Å². The molecule has 0 unspecified atom stereocenters. The molecule has 0 atom stereocenters. The molecule has 0 radical (unpaired) electrons. The summed E-state index contributed by atoms with van der Waals surface area (Å²) in [4.78, 5) is 24.0. The summed E-state index contributed by atoms with van der Waals surface area (Å²) in [5.41, 5.74) is 4.42. The second kappa shape index (κ2) is 9.72. The highest BCUT2D eigenvalue weighted by atomic mass is 79.9. The number of amides is 2. The van der Waals surface area contributed by atoms with E-state index >= 15 is 0 Å². The van der Waals surface area contributed by atoms with Crippen LogP contribution in [0.2, 0.25) is 0 Å². The number of benzene rings is 2. The second-order valence-corrected chi connectivity index (χ2v) is 6.52. The molecule has 136 valence electrons. The van der Waals surface area contributed by atoms with Gasteiger partial charge in [-0.05, 0) is 42.8 Å². The molecule has 2 aromatic carbocycles. The van der Waals surface area contributed by atoms with Gasteiger partial charge in [0.15, 0.2) is 0 Å². The smallest absolute Gasteiger partial charge is 0.271 e. The van der Waals surface area contributed by atoms with Gasteiger partial charge in [0.1, 0.15) is 5.75 Å². The number of hydrogen-bond donors (Lipinski definition) is 2. The van der Waals surface area contributed by atoms with E-state index in [0.717, 1.165) is 15.8 Å². The number of carbonyl (C=O) groups excluding carboxylic acids is 2. The summed E-state index contributed by atoms with van der Waals surface area (Å²) in [5, 5.41) is 6.79. The zero-order valence-electron chi connectivity index (χ0n) is 14.6. The summed E-state index contributed by atoms with van der Waals surface area (Å²) in [6.07, 6.45) is 0.106. The van der Waals surface area contributed by atoms with E-state index in [-0.39, 0.29) is 18.2 Å². The highest BCUT2D eigenvalue weighted by molar-refractivity contribution is 9.10. The quantitative estimate of drug-likeness (QED) is 0.535. The van der Waals surface area contributed by atoms with Crippen molar-refractivity contribution in [2.75, 3.05) is 7.11 Å². The third-order valence-corrected chi connectivity index (χ3v) is 3.99. The predicted molar refractivity (Wildman–Crippen MR) is 104 cm³/mol. The van der Waals surface area contributed by atoms with E-state index < -0.39 is 0 Å². The van der Waals surface area contributed by atoms with Crippen LogP contribution in [0.3, 0.4) is 0 Å². The van der Waals surface area contributed by atoms with Crippen LogP contribution in [0.15, 0.2) is 58.1 Å². The summed E-state index contributed by atoms with van der Waals surface area (Å²) in [6.45, 7) is 2.11. The van der Waals surface area contributed by atoms with Gasteiger partial charge in [-0.15, -0.1) is 0 Å². The summed E-state index contributed by atoms with van der Waals surface area (Å²) in [7, 11) is 1.61. The minimum atomic E-state index is -0.329. The standard InChI is InChI=1S/C19H20BrN3O3/c1-13(22-23-19(25)15-4-3-5-16(20)11-15)10-18(24)21-12-14-6-8-17(26-2)9-7-14/h3-9,11H,10,12H2,1-2H3,(H,21,24)(H,23,25)/b22-13+. The summed E-state index contributed by atoms with van der Waals surface area (Å²) < 4.78 is 5.90. The molecule has 0 saturated carbocycles. The first-order chi connectivity index (χ1) is 12.5. The van der Waals surface area contributed by atoms with Crippen LogP contribution >= 0.6 is 15.9 Å². The summed E-state index contributed by atoms with van der Waals surface area (Å²) in [5.74, 6) is 0.271. The molecule has 2 N–H and O–H groups in total. The molecule has 0 aliphatic carbocycles. The lowest BCUT2D eigenvalue weighted by atomic mass is 10.2. The lowest BCUT2D eigenvalue weighted by Gasteiger charge is -2.07. The van der Waals surface area contributed by atoms with Crippen molar-refractivity contribution in [2.24, 2.45) is 5.10 Å². The van der Waals surface area contributed by atoms with E-state index in [1.54, 1.807) is 32.2 Å². The Morgan fingerprint density at radius 2 is 1.88 bits per heavy atom. The van der Waals surface area contributed by atoms with Gasteiger partial charge in [-0.2, -0.15) is 5.10 Å². The number of rotatable bonds is 7. The first-order valence-corrected chi connectivity index (χ1v) is 8.76. The maximum absolute atomic E-state index is 12.0. The van der Waals surface area contributed by atoms with Crippen molar-refractivity contribution >= 4 is 33.5 Å². The van der Waals surface area contributed by atoms with Crippen LogP contribution in [-0.2, 0) is 11.3 Å². The molecule has 0 aliphatic rings. The molecule has 0 bridgehead atoms. The van der Waals surface area contributed by atoms with E-state index in [1.807, 2.05) is 30.3 Å². The minimum Gasteiger partial charge on any atom is -0.497 e. The molecule has 0 aliphatic heterocycles. The highest BCUT2D eigenvalue weighted by Crippen LogP contribution is 2.12. The zero-order valence-corrected chi connectivity index (χ0v) is 16.2. The van der Waals surface area contributed by atoms with Crippen molar-refractivity contribution in [3.05, 3.63) is 64.1 Å². The third-order valence-electron chi connectivity index (χ3n) is 3.50. The van der Waals surface area contributed by atoms with Gasteiger partial charge in [0, 0.05) is 22.3 Å². The SMILES string of the molecule is COc1ccc(CNC(=O)C/C(C)=N/NC(=O)c2cccc(Br)c2)cc1. The van der Waals surface area contributed by atoms with Crippen molar-refractivity contribution in [2.45, 2.75) is 19.9 Å². The van der Waals surface area contributed by atoms with Gasteiger partial charge in [0.05, 0.1) is 13.5 Å². The average Bonchev–Trinajstić information content (AvgIpc) is 2.65. The first kappa shape index (κ1) is 19.7. The Hall–Kier alpha value is -2.67. The Morgan fingerprint density at radius 3 is 2.54 bits per heavy atom. The maximum atomic E-state index is 12.0. The van der Waals surface area contributed by atoms with E-state index in [4.69, 9.17) is 4.74 Å². The number of hydrazone groups is 1. The van der Waals surface area contributed by atoms with Crippen molar-refractivity contribution in [3.8, 4) is 5.75 Å². The van der Waals surface area contributed by atoms with Gasteiger partial charge in [0.25, 0.3) is 5.91 Å². The third kappa shape index (κ3) is 6.33. The minimum absolute atomic E-state index is 0.106. The summed E-state index contributed by atoms with van der Waals surface area (Å²) >= 11 is 3.31. The number of nitrogens with zero attached hydrogens (tertiary/aromatic N) is 1. The normalized spacial score (nSPS) is 11.0. The van der Waals surface area contributed by atoms with Gasteiger partial charge in [-0.25, -0.2) is 5.43 Å². The fourth-order valence-corrected chi connectivity index (χ4v) is 2.52. The molecular formula is C19H20BrN3O3. The Labute approximate surface area is 160 Å².